The molecule has 3 heteroatoms. The number of ether oxygens (including phenoxy) is 1. The van der Waals surface area contributed by atoms with E-state index in [1.54, 1.807) is 12.1 Å². The van der Waals surface area contributed by atoms with E-state index in [1.807, 2.05) is 26.0 Å². The van der Waals surface area contributed by atoms with Crippen LogP contribution >= 0.6 is 0 Å². The summed E-state index contributed by atoms with van der Waals surface area (Å²) in [5.74, 6) is 0.615. The van der Waals surface area contributed by atoms with Gasteiger partial charge in [-0.05, 0) is 26.0 Å². The van der Waals surface area contributed by atoms with Crippen LogP contribution in [0.1, 0.15) is 19.6 Å². The molecule has 0 amide bonds. The molecule has 1 saturated heterocycles. The molecule has 2 atom stereocenters. The Labute approximate surface area is 92.6 Å². The molecule has 1 aliphatic heterocycles. The highest BCUT2D eigenvalue weighted by Crippen LogP contribution is 2.45. The summed E-state index contributed by atoms with van der Waals surface area (Å²) in [5, 5.41) is 0.614. The molecule has 3 rings (SSSR count). The lowest BCUT2D eigenvalue weighted by atomic mass is 10.0. The summed E-state index contributed by atoms with van der Waals surface area (Å²) in [6.07, 6.45) is 0.108. The fourth-order valence-corrected chi connectivity index (χ4v) is 1.94. The Morgan fingerprint density at radius 3 is 2.69 bits per heavy atom. The molecule has 82 valence electrons. The highest BCUT2D eigenvalue weighted by atomic mass is 16.6. The first kappa shape index (κ1) is 9.60. The second-order valence-electron chi connectivity index (χ2n) is 4.34. The maximum absolute atomic E-state index is 11.9. The maximum atomic E-state index is 11.9. The molecule has 16 heavy (non-hydrogen) atoms. The second kappa shape index (κ2) is 2.95. The van der Waals surface area contributed by atoms with Crippen molar-refractivity contribution in [1.29, 1.82) is 0 Å². The molecule has 2 heterocycles. The second-order valence-corrected chi connectivity index (χ2v) is 4.34. The molecule has 0 radical (unpaired) electrons. The van der Waals surface area contributed by atoms with Crippen molar-refractivity contribution in [2.24, 2.45) is 0 Å². The lowest BCUT2D eigenvalue weighted by Gasteiger charge is -2.05. The van der Waals surface area contributed by atoms with Crippen molar-refractivity contribution in [2.75, 3.05) is 0 Å². The third kappa shape index (κ3) is 1.21. The van der Waals surface area contributed by atoms with Crippen LogP contribution < -0.4 is 5.43 Å². The molecule has 0 unspecified atom stereocenters. The molecule has 0 bridgehead atoms. The van der Waals surface area contributed by atoms with E-state index >= 15 is 0 Å². The molecule has 1 aliphatic rings. The van der Waals surface area contributed by atoms with Crippen molar-refractivity contribution in [2.45, 2.75) is 25.6 Å². The summed E-state index contributed by atoms with van der Waals surface area (Å²) in [5.41, 5.74) is 0.179. The fourth-order valence-electron chi connectivity index (χ4n) is 1.94. The van der Waals surface area contributed by atoms with Crippen molar-refractivity contribution in [3.8, 4) is 0 Å². The van der Waals surface area contributed by atoms with Gasteiger partial charge in [-0.2, -0.15) is 0 Å². The van der Waals surface area contributed by atoms with E-state index in [4.69, 9.17) is 9.15 Å². The standard InChI is InChI=1S/C13H12O3/c1-8-13(2,16-8)12-7-10(14)9-5-3-4-6-11(9)15-12/h3-8H,1-2H3/t8-,13+/m1/s1. The number of epoxide rings is 1. The average Bonchev–Trinajstić information content (AvgIpc) is 2.88. The van der Waals surface area contributed by atoms with Crippen LogP contribution in [0.2, 0.25) is 0 Å². The minimum absolute atomic E-state index is 0.0132. The first-order valence-corrected chi connectivity index (χ1v) is 5.32. The molecule has 2 aromatic rings. The largest absolute Gasteiger partial charge is 0.458 e. The van der Waals surface area contributed by atoms with Gasteiger partial charge in [-0.1, -0.05) is 12.1 Å². The smallest absolute Gasteiger partial charge is 0.193 e. The van der Waals surface area contributed by atoms with E-state index in [2.05, 4.69) is 0 Å². The van der Waals surface area contributed by atoms with E-state index in [0.717, 1.165) is 0 Å². The van der Waals surface area contributed by atoms with Gasteiger partial charge in [0.2, 0.25) is 0 Å². The summed E-state index contributed by atoms with van der Waals surface area (Å²) in [6, 6.07) is 8.79. The molecule has 0 saturated carbocycles. The van der Waals surface area contributed by atoms with Crippen LogP contribution in [0.3, 0.4) is 0 Å². The third-order valence-corrected chi connectivity index (χ3v) is 3.26. The summed E-state index contributed by atoms with van der Waals surface area (Å²) in [4.78, 5) is 11.9. The summed E-state index contributed by atoms with van der Waals surface area (Å²) < 4.78 is 11.2. The van der Waals surface area contributed by atoms with Crippen LogP contribution in [0.15, 0.2) is 39.5 Å². The number of hydrogen-bond acceptors (Lipinski definition) is 3. The minimum Gasteiger partial charge on any atom is -0.458 e. The van der Waals surface area contributed by atoms with Gasteiger partial charge in [-0.3, -0.25) is 4.79 Å². The Bertz CT molecular complexity index is 614. The topological polar surface area (TPSA) is 42.7 Å². The summed E-state index contributed by atoms with van der Waals surface area (Å²) >= 11 is 0. The van der Waals surface area contributed by atoms with Gasteiger partial charge in [-0.25, -0.2) is 0 Å². The quantitative estimate of drug-likeness (QED) is 0.687. The highest BCUT2D eigenvalue weighted by molar-refractivity contribution is 5.76. The molecular formula is C13H12O3. The Kier molecular flexibility index (Phi) is 1.77. The lowest BCUT2D eigenvalue weighted by Crippen LogP contribution is -2.11. The van der Waals surface area contributed by atoms with Gasteiger partial charge in [0.05, 0.1) is 11.5 Å². The van der Waals surface area contributed by atoms with Gasteiger partial charge in [0.15, 0.2) is 5.43 Å². The highest BCUT2D eigenvalue weighted by Gasteiger charge is 2.53. The molecule has 1 aromatic heterocycles. The monoisotopic (exact) mass is 216 g/mol. The zero-order valence-corrected chi connectivity index (χ0v) is 9.19. The Morgan fingerprint density at radius 1 is 1.31 bits per heavy atom. The normalized spacial score (nSPS) is 28.2. The number of hydrogen-bond donors (Lipinski definition) is 0. The first-order valence-electron chi connectivity index (χ1n) is 5.32. The van der Waals surface area contributed by atoms with Crippen LogP contribution in [0, 0.1) is 0 Å². The molecule has 1 fully saturated rings. The zero-order valence-electron chi connectivity index (χ0n) is 9.19. The lowest BCUT2D eigenvalue weighted by molar-refractivity contribution is 0.281. The molecular weight excluding hydrogens is 204 g/mol. The van der Waals surface area contributed by atoms with Crippen molar-refractivity contribution >= 4 is 11.0 Å². The Balaban J connectivity index is 2.26. The van der Waals surface area contributed by atoms with Crippen LogP contribution in [-0.2, 0) is 10.3 Å². The van der Waals surface area contributed by atoms with Crippen LogP contribution in [0.4, 0.5) is 0 Å². The van der Waals surface area contributed by atoms with Crippen molar-refractivity contribution in [3.05, 3.63) is 46.3 Å². The minimum atomic E-state index is -0.427. The maximum Gasteiger partial charge on any atom is 0.193 e. The Hall–Kier alpha value is -1.61. The molecule has 3 nitrogen and oxygen atoms in total. The van der Waals surface area contributed by atoms with E-state index in [9.17, 15) is 4.79 Å². The fraction of sp³-hybridized carbons (Fsp3) is 0.308. The van der Waals surface area contributed by atoms with Gasteiger partial charge in [0.25, 0.3) is 0 Å². The van der Waals surface area contributed by atoms with Gasteiger partial charge >= 0.3 is 0 Å². The van der Waals surface area contributed by atoms with Crippen LogP contribution in [0.5, 0.6) is 0 Å². The average molecular weight is 216 g/mol. The predicted molar refractivity (Wildman–Crippen MR) is 60.4 cm³/mol. The molecule has 0 spiro atoms. The van der Waals surface area contributed by atoms with Gasteiger partial charge in [-0.15, -0.1) is 0 Å². The van der Waals surface area contributed by atoms with Crippen LogP contribution in [-0.4, -0.2) is 6.10 Å². The van der Waals surface area contributed by atoms with Crippen molar-refractivity contribution in [1.82, 2.24) is 0 Å². The van der Waals surface area contributed by atoms with E-state index in [0.29, 0.717) is 16.7 Å². The molecule has 0 aliphatic carbocycles. The van der Waals surface area contributed by atoms with E-state index in [-0.39, 0.29) is 11.5 Å². The van der Waals surface area contributed by atoms with Crippen molar-refractivity contribution in [3.63, 3.8) is 0 Å². The Morgan fingerprint density at radius 2 is 2.00 bits per heavy atom. The van der Waals surface area contributed by atoms with Gasteiger partial charge < -0.3 is 9.15 Å². The predicted octanol–water partition coefficient (Wildman–Crippen LogP) is 2.43. The number of fused-ring (bicyclic) bond motifs is 1. The van der Waals surface area contributed by atoms with E-state index < -0.39 is 5.60 Å². The molecule has 1 aromatic carbocycles. The van der Waals surface area contributed by atoms with E-state index in [1.165, 1.54) is 6.07 Å². The van der Waals surface area contributed by atoms with Gasteiger partial charge in [0.1, 0.15) is 16.9 Å². The third-order valence-electron chi connectivity index (χ3n) is 3.26. The molecule has 0 N–H and O–H groups in total. The zero-order chi connectivity index (χ0) is 11.3. The summed E-state index contributed by atoms with van der Waals surface area (Å²) in [7, 11) is 0. The number of benzene rings is 1. The SMILES string of the molecule is C[C@H]1O[C@]1(C)c1cc(=O)c2ccccc2o1. The van der Waals surface area contributed by atoms with Gasteiger partial charge in [0, 0.05) is 6.07 Å². The van der Waals surface area contributed by atoms with Crippen molar-refractivity contribution < 1.29 is 9.15 Å². The number of para-hydroxylation sites is 1. The first-order chi connectivity index (χ1) is 7.61. The van der Waals surface area contributed by atoms with Crippen LogP contribution in [0.25, 0.3) is 11.0 Å². The number of rotatable bonds is 1. The summed E-state index contributed by atoms with van der Waals surface area (Å²) in [6.45, 7) is 3.90.